The van der Waals surface area contributed by atoms with Crippen molar-refractivity contribution >= 4 is 29.0 Å². The van der Waals surface area contributed by atoms with Gasteiger partial charge in [0, 0.05) is 5.56 Å². The molecule has 9 heteroatoms. The number of benzene rings is 1. The molecule has 2 rings (SSSR count). The van der Waals surface area contributed by atoms with E-state index < -0.39 is 23.3 Å². The summed E-state index contributed by atoms with van der Waals surface area (Å²) < 4.78 is 6.08. The second kappa shape index (κ2) is 7.22. The molecule has 126 valence electrons. The van der Waals surface area contributed by atoms with Crippen LogP contribution < -0.4 is 0 Å². The van der Waals surface area contributed by atoms with Crippen molar-refractivity contribution in [3.63, 3.8) is 0 Å². The summed E-state index contributed by atoms with van der Waals surface area (Å²) in [6.07, 6.45) is 0. The van der Waals surface area contributed by atoms with Gasteiger partial charge >= 0.3 is 11.7 Å². The van der Waals surface area contributed by atoms with Gasteiger partial charge in [0.2, 0.25) is 5.78 Å². The first kappa shape index (κ1) is 17.6. The van der Waals surface area contributed by atoms with Crippen LogP contribution in [0.4, 0.5) is 5.69 Å². The van der Waals surface area contributed by atoms with Gasteiger partial charge < -0.3 is 4.74 Å². The van der Waals surface area contributed by atoms with Gasteiger partial charge in [0.1, 0.15) is 17.9 Å². The number of ketones is 1. The van der Waals surface area contributed by atoms with E-state index in [1.807, 2.05) is 0 Å². The van der Waals surface area contributed by atoms with Gasteiger partial charge in [0.25, 0.3) is 0 Å². The molecule has 0 bridgehead atoms. The van der Waals surface area contributed by atoms with Crippen LogP contribution in [0.25, 0.3) is 0 Å². The molecule has 1 aromatic heterocycles. The van der Waals surface area contributed by atoms with Gasteiger partial charge in [-0.25, -0.2) is 0 Å². The van der Waals surface area contributed by atoms with Crippen molar-refractivity contribution in [2.45, 2.75) is 20.4 Å². The largest absolute Gasteiger partial charge is 0.456 e. The maximum atomic E-state index is 12.0. The Balaban J connectivity index is 2.00. The Kier molecular flexibility index (Phi) is 5.30. The molecule has 0 atom stereocenters. The van der Waals surface area contributed by atoms with Crippen LogP contribution in [0.2, 0.25) is 5.02 Å². The van der Waals surface area contributed by atoms with Crippen molar-refractivity contribution < 1.29 is 19.2 Å². The van der Waals surface area contributed by atoms with Crippen LogP contribution >= 0.6 is 11.6 Å². The number of ether oxygens (including phenoxy) is 1. The SMILES string of the molecule is Cc1nn(CC(=O)OCC(=O)c2ccccc2Cl)c(C)c1[N+](=O)[O-]. The van der Waals surface area contributed by atoms with E-state index in [0.29, 0.717) is 0 Å². The molecule has 0 aliphatic carbocycles. The average molecular weight is 352 g/mol. The summed E-state index contributed by atoms with van der Waals surface area (Å²) in [5.74, 6) is -1.16. The lowest BCUT2D eigenvalue weighted by Crippen LogP contribution is -2.20. The maximum Gasteiger partial charge on any atom is 0.328 e. The number of Topliss-reactive ketones (excluding diaryl/α,β-unsaturated/α-hetero) is 1. The predicted molar refractivity (Wildman–Crippen MR) is 85.1 cm³/mol. The number of aryl methyl sites for hydroxylation is 1. The molecule has 0 spiro atoms. The fourth-order valence-electron chi connectivity index (χ4n) is 2.18. The number of halogens is 1. The molecule has 0 amide bonds. The van der Waals surface area contributed by atoms with E-state index >= 15 is 0 Å². The lowest BCUT2D eigenvalue weighted by Gasteiger charge is -2.06. The minimum Gasteiger partial charge on any atom is -0.456 e. The number of esters is 1. The van der Waals surface area contributed by atoms with Gasteiger partial charge in [0.15, 0.2) is 6.61 Å². The summed E-state index contributed by atoms with van der Waals surface area (Å²) in [6.45, 7) is 2.18. The highest BCUT2D eigenvalue weighted by molar-refractivity contribution is 6.34. The molecule has 0 radical (unpaired) electrons. The molecule has 0 N–H and O–H groups in total. The van der Waals surface area contributed by atoms with Gasteiger partial charge in [-0.3, -0.25) is 24.4 Å². The van der Waals surface area contributed by atoms with E-state index in [9.17, 15) is 19.7 Å². The third-order valence-electron chi connectivity index (χ3n) is 3.34. The van der Waals surface area contributed by atoms with E-state index in [-0.39, 0.29) is 34.2 Å². The Bertz CT molecular complexity index is 815. The topological polar surface area (TPSA) is 104 Å². The molecule has 1 aromatic carbocycles. The lowest BCUT2D eigenvalue weighted by molar-refractivity contribution is -0.386. The van der Waals surface area contributed by atoms with Crippen LogP contribution in [-0.4, -0.2) is 33.1 Å². The zero-order valence-corrected chi connectivity index (χ0v) is 13.7. The van der Waals surface area contributed by atoms with Gasteiger partial charge in [-0.2, -0.15) is 5.10 Å². The summed E-state index contributed by atoms with van der Waals surface area (Å²) in [5, 5.41) is 15.1. The maximum absolute atomic E-state index is 12.0. The molecule has 0 aliphatic rings. The summed E-state index contributed by atoms with van der Waals surface area (Å²) in [7, 11) is 0. The van der Waals surface area contributed by atoms with Gasteiger partial charge in [-0.1, -0.05) is 23.7 Å². The Morgan fingerprint density at radius 3 is 2.58 bits per heavy atom. The number of hydrogen-bond acceptors (Lipinski definition) is 6. The van der Waals surface area contributed by atoms with Crippen LogP contribution in [-0.2, 0) is 16.1 Å². The zero-order chi connectivity index (χ0) is 17.9. The minimum absolute atomic E-state index is 0.144. The zero-order valence-electron chi connectivity index (χ0n) is 13.0. The molecule has 0 saturated heterocycles. The Morgan fingerprint density at radius 2 is 2.00 bits per heavy atom. The van der Waals surface area contributed by atoms with E-state index in [1.54, 1.807) is 18.2 Å². The quantitative estimate of drug-likeness (QED) is 0.342. The second-order valence-corrected chi connectivity index (χ2v) is 5.41. The number of hydrogen-bond donors (Lipinski definition) is 0. The molecule has 0 aliphatic heterocycles. The Labute approximate surface area is 142 Å². The summed E-state index contributed by atoms with van der Waals surface area (Å²) in [5.41, 5.74) is 0.563. The summed E-state index contributed by atoms with van der Waals surface area (Å²) in [6, 6.07) is 6.42. The Hall–Kier alpha value is -2.74. The first-order chi connectivity index (χ1) is 11.3. The third-order valence-corrected chi connectivity index (χ3v) is 3.67. The first-order valence-corrected chi connectivity index (χ1v) is 7.30. The van der Waals surface area contributed by atoms with Crippen LogP contribution in [0.3, 0.4) is 0 Å². The minimum atomic E-state index is -0.726. The smallest absolute Gasteiger partial charge is 0.328 e. The average Bonchev–Trinajstić information content (AvgIpc) is 2.79. The van der Waals surface area contributed by atoms with Crippen LogP contribution in [0.5, 0.6) is 0 Å². The van der Waals surface area contributed by atoms with E-state index in [0.717, 1.165) is 0 Å². The molecule has 2 aromatic rings. The number of nitrogens with zero attached hydrogens (tertiary/aromatic N) is 3. The van der Waals surface area contributed by atoms with Gasteiger partial charge in [-0.05, 0) is 26.0 Å². The van der Waals surface area contributed by atoms with Crippen molar-refractivity contribution in [1.29, 1.82) is 0 Å². The van der Waals surface area contributed by atoms with Crippen molar-refractivity contribution in [2.75, 3.05) is 6.61 Å². The predicted octanol–water partition coefficient (Wildman–Crippen LogP) is 2.49. The Morgan fingerprint density at radius 1 is 1.33 bits per heavy atom. The third kappa shape index (κ3) is 3.77. The lowest BCUT2D eigenvalue weighted by atomic mass is 10.1. The molecule has 0 saturated carbocycles. The van der Waals surface area contributed by atoms with Crippen molar-refractivity contribution in [3.8, 4) is 0 Å². The van der Waals surface area contributed by atoms with Crippen molar-refractivity contribution in [2.24, 2.45) is 0 Å². The van der Waals surface area contributed by atoms with Crippen molar-refractivity contribution in [3.05, 3.63) is 56.4 Å². The van der Waals surface area contributed by atoms with E-state index in [4.69, 9.17) is 16.3 Å². The molecule has 0 unspecified atom stereocenters. The van der Waals surface area contributed by atoms with Gasteiger partial charge in [-0.15, -0.1) is 0 Å². The molecular weight excluding hydrogens is 338 g/mol. The second-order valence-electron chi connectivity index (χ2n) is 5.00. The number of rotatable bonds is 6. The number of aromatic nitrogens is 2. The number of nitro groups is 1. The molecule has 1 heterocycles. The van der Waals surface area contributed by atoms with E-state index in [2.05, 4.69) is 5.10 Å². The first-order valence-electron chi connectivity index (χ1n) is 6.93. The fraction of sp³-hybridized carbons (Fsp3) is 0.267. The highest BCUT2D eigenvalue weighted by atomic mass is 35.5. The summed E-state index contributed by atoms with van der Waals surface area (Å²) in [4.78, 5) is 34.2. The molecule has 24 heavy (non-hydrogen) atoms. The van der Waals surface area contributed by atoms with Crippen molar-refractivity contribution in [1.82, 2.24) is 9.78 Å². The number of carbonyl (C=O) groups is 2. The standard InChI is InChI=1S/C15H14ClN3O5/c1-9-15(19(22)23)10(2)18(17-9)7-14(21)24-8-13(20)11-5-3-4-6-12(11)16/h3-6H,7-8H2,1-2H3. The normalized spacial score (nSPS) is 10.5. The molecule has 0 fully saturated rings. The highest BCUT2D eigenvalue weighted by Gasteiger charge is 2.23. The van der Waals surface area contributed by atoms with E-state index in [1.165, 1.54) is 24.6 Å². The van der Waals surface area contributed by atoms with Crippen LogP contribution in [0.1, 0.15) is 21.7 Å². The summed E-state index contributed by atoms with van der Waals surface area (Å²) >= 11 is 5.90. The molecular formula is C15H14ClN3O5. The monoisotopic (exact) mass is 351 g/mol. The van der Waals surface area contributed by atoms with Crippen LogP contribution in [0.15, 0.2) is 24.3 Å². The fourth-order valence-corrected chi connectivity index (χ4v) is 2.43. The van der Waals surface area contributed by atoms with Gasteiger partial charge in [0.05, 0.1) is 9.95 Å². The number of carbonyl (C=O) groups excluding carboxylic acids is 2. The molecule has 8 nitrogen and oxygen atoms in total. The van der Waals surface area contributed by atoms with Crippen LogP contribution in [0, 0.1) is 24.0 Å². The highest BCUT2D eigenvalue weighted by Crippen LogP contribution is 2.21.